The number of pyridine rings is 2. The molecule has 0 amide bonds. The van der Waals surface area contributed by atoms with E-state index in [0.29, 0.717) is 5.69 Å². The largest absolute Gasteiger partial charge is 0.359 e. The lowest BCUT2D eigenvalue weighted by Gasteiger charge is -1.98. The number of nitrogens with one attached hydrogen (secondary N) is 1. The molecule has 0 saturated carbocycles. The van der Waals surface area contributed by atoms with E-state index in [9.17, 15) is 10.1 Å². The molecule has 7 nitrogen and oxygen atoms in total. The Bertz CT molecular complexity index is 1040. The van der Waals surface area contributed by atoms with Gasteiger partial charge in [-0.05, 0) is 36.4 Å². The molecule has 1 aliphatic carbocycles. The number of nitrogens with zero attached hydrogens (tertiary/aromatic N) is 4. The zero-order valence-corrected chi connectivity index (χ0v) is 12.4. The first kappa shape index (κ1) is 14.0. The van der Waals surface area contributed by atoms with E-state index in [1.165, 1.54) is 12.1 Å². The van der Waals surface area contributed by atoms with Gasteiger partial charge in [-0.2, -0.15) is 5.11 Å². The number of aromatic nitrogens is 2. The summed E-state index contributed by atoms with van der Waals surface area (Å²) in [5, 5.41) is 20.2. The van der Waals surface area contributed by atoms with Crippen LogP contribution in [0.5, 0.6) is 0 Å². The summed E-state index contributed by atoms with van der Waals surface area (Å²) in [6.45, 7) is 0. The normalized spacial score (nSPS) is 11.5. The van der Waals surface area contributed by atoms with Crippen LogP contribution in [0.25, 0.3) is 22.2 Å². The van der Waals surface area contributed by atoms with Crippen molar-refractivity contribution in [2.75, 3.05) is 0 Å². The predicted octanol–water partition coefficient (Wildman–Crippen LogP) is 4.99. The standard InChI is InChI=1S/C17H11N5O2/c23-22(24)12-7-5-11(6-8-12)20-21-15-13-3-1-9-18-16(13)17-14(15)4-2-10-19-17/h1-10,18H. The monoisotopic (exact) mass is 317 g/mol. The number of fused-ring (bicyclic) bond motifs is 3. The Kier molecular flexibility index (Phi) is 3.24. The van der Waals surface area contributed by atoms with Crippen LogP contribution in [0.4, 0.5) is 17.1 Å². The van der Waals surface area contributed by atoms with E-state index < -0.39 is 4.92 Å². The summed E-state index contributed by atoms with van der Waals surface area (Å²) in [6, 6.07) is 13.6. The third kappa shape index (κ3) is 2.28. The quantitative estimate of drug-likeness (QED) is 0.327. The highest BCUT2D eigenvalue weighted by Gasteiger charge is 2.18. The van der Waals surface area contributed by atoms with Crippen molar-refractivity contribution >= 4 is 28.0 Å². The average molecular weight is 317 g/mol. The van der Waals surface area contributed by atoms with E-state index in [-0.39, 0.29) is 5.69 Å². The number of rotatable bonds is 3. The molecule has 7 heteroatoms. The van der Waals surface area contributed by atoms with Crippen LogP contribution in [0.3, 0.4) is 0 Å². The van der Waals surface area contributed by atoms with E-state index in [0.717, 1.165) is 27.8 Å². The van der Waals surface area contributed by atoms with Gasteiger partial charge in [-0.3, -0.25) is 15.1 Å². The lowest BCUT2D eigenvalue weighted by molar-refractivity contribution is -0.384. The molecule has 24 heavy (non-hydrogen) atoms. The molecule has 0 atom stereocenters. The summed E-state index contributed by atoms with van der Waals surface area (Å²) >= 11 is 0. The van der Waals surface area contributed by atoms with Crippen molar-refractivity contribution in [1.29, 1.82) is 0 Å². The topological polar surface area (TPSA) is 96.5 Å². The van der Waals surface area contributed by atoms with Gasteiger partial charge in [0.05, 0.1) is 21.8 Å². The van der Waals surface area contributed by atoms with Crippen molar-refractivity contribution in [3.8, 4) is 11.3 Å². The van der Waals surface area contributed by atoms with Crippen LogP contribution in [-0.2, 0) is 0 Å². The Morgan fingerprint density at radius 1 is 1.04 bits per heavy atom. The second-order valence-electron chi connectivity index (χ2n) is 5.18. The molecule has 116 valence electrons. The third-order valence-electron chi connectivity index (χ3n) is 3.74. The van der Waals surface area contributed by atoms with Gasteiger partial charge in [0.2, 0.25) is 0 Å². The Hall–Kier alpha value is -3.61. The zero-order chi connectivity index (χ0) is 16.5. The van der Waals surface area contributed by atoms with Gasteiger partial charge in [-0.25, -0.2) is 0 Å². The fourth-order valence-electron chi connectivity index (χ4n) is 2.63. The van der Waals surface area contributed by atoms with Crippen LogP contribution in [0.15, 0.2) is 71.2 Å². The number of aromatic amines is 1. The first-order valence-electron chi connectivity index (χ1n) is 7.24. The number of hydrogen-bond acceptors (Lipinski definition) is 5. The van der Waals surface area contributed by atoms with Gasteiger partial charge in [-0.1, -0.05) is 0 Å². The number of benzene rings is 1. The Labute approximate surface area is 136 Å². The van der Waals surface area contributed by atoms with E-state index in [1.807, 2.05) is 30.5 Å². The summed E-state index contributed by atoms with van der Waals surface area (Å²) in [6.07, 6.45) is 3.58. The highest BCUT2D eigenvalue weighted by atomic mass is 16.6. The molecule has 0 radical (unpaired) electrons. The molecule has 0 saturated heterocycles. The fourth-order valence-corrected chi connectivity index (χ4v) is 2.63. The van der Waals surface area contributed by atoms with Gasteiger partial charge in [0, 0.05) is 35.5 Å². The molecule has 1 aromatic heterocycles. The molecule has 0 spiro atoms. The smallest absolute Gasteiger partial charge is 0.269 e. The van der Waals surface area contributed by atoms with Gasteiger partial charge < -0.3 is 4.98 Å². The van der Waals surface area contributed by atoms with Crippen molar-refractivity contribution in [1.82, 2.24) is 9.97 Å². The van der Waals surface area contributed by atoms with E-state index >= 15 is 0 Å². The van der Waals surface area contributed by atoms with Gasteiger partial charge in [0.15, 0.2) is 0 Å². The Morgan fingerprint density at radius 3 is 2.67 bits per heavy atom. The fraction of sp³-hybridized carbons (Fsp3) is 0. The Balaban J connectivity index is 1.80. The maximum atomic E-state index is 10.7. The van der Waals surface area contributed by atoms with E-state index in [1.54, 1.807) is 18.3 Å². The molecular formula is C17H11N5O2. The summed E-state index contributed by atoms with van der Waals surface area (Å²) < 4.78 is 0. The molecule has 2 heterocycles. The summed E-state index contributed by atoms with van der Waals surface area (Å²) in [5.41, 5.74) is 3.97. The van der Waals surface area contributed by atoms with Crippen molar-refractivity contribution in [3.05, 3.63) is 71.0 Å². The molecule has 2 aromatic rings. The number of nitro benzene ring substituents is 1. The Morgan fingerprint density at radius 2 is 1.88 bits per heavy atom. The first-order chi connectivity index (χ1) is 11.7. The molecule has 1 aromatic carbocycles. The number of hydrogen-bond donors (Lipinski definition) is 1. The summed E-state index contributed by atoms with van der Waals surface area (Å²) in [4.78, 5) is 17.8. The minimum absolute atomic E-state index is 0.0250. The van der Waals surface area contributed by atoms with Crippen LogP contribution >= 0.6 is 0 Å². The molecular weight excluding hydrogens is 306 g/mol. The number of azo groups is 1. The van der Waals surface area contributed by atoms with Crippen LogP contribution in [0.2, 0.25) is 0 Å². The SMILES string of the molecule is O=[N+]([O-])c1ccc(N=Nc2c3ccc[nH]c-3c3ncccc23)cc1. The molecule has 0 unspecified atom stereocenters. The van der Waals surface area contributed by atoms with E-state index in [2.05, 4.69) is 20.2 Å². The van der Waals surface area contributed by atoms with Gasteiger partial charge >= 0.3 is 0 Å². The molecule has 0 bridgehead atoms. The zero-order valence-electron chi connectivity index (χ0n) is 12.4. The lowest BCUT2D eigenvalue weighted by Crippen LogP contribution is -1.85. The minimum Gasteiger partial charge on any atom is -0.359 e. The van der Waals surface area contributed by atoms with Crippen LogP contribution < -0.4 is 0 Å². The first-order valence-corrected chi connectivity index (χ1v) is 7.24. The van der Waals surface area contributed by atoms with Gasteiger partial charge in [0.1, 0.15) is 5.69 Å². The summed E-state index contributed by atoms with van der Waals surface area (Å²) in [7, 11) is 0. The molecule has 2 aliphatic rings. The lowest BCUT2D eigenvalue weighted by atomic mass is 10.2. The predicted molar refractivity (Wildman–Crippen MR) is 90.0 cm³/mol. The third-order valence-corrected chi connectivity index (χ3v) is 3.74. The second kappa shape index (κ2) is 5.54. The maximum Gasteiger partial charge on any atom is 0.269 e. The average Bonchev–Trinajstić information content (AvgIpc) is 2.94. The van der Waals surface area contributed by atoms with Crippen molar-refractivity contribution in [2.45, 2.75) is 0 Å². The number of non-ortho nitro benzene ring substituents is 1. The molecule has 1 N–H and O–H groups in total. The van der Waals surface area contributed by atoms with Crippen LogP contribution in [0.1, 0.15) is 0 Å². The summed E-state index contributed by atoms with van der Waals surface area (Å²) in [5.74, 6) is 0. The maximum absolute atomic E-state index is 10.7. The van der Waals surface area contributed by atoms with Crippen LogP contribution in [-0.4, -0.2) is 14.9 Å². The van der Waals surface area contributed by atoms with Crippen molar-refractivity contribution < 1.29 is 4.92 Å². The van der Waals surface area contributed by atoms with Gasteiger partial charge in [0.25, 0.3) is 5.69 Å². The van der Waals surface area contributed by atoms with Gasteiger partial charge in [-0.15, -0.1) is 5.11 Å². The second-order valence-corrected chi connectivity index (χ2v) is 5.18. The highest BCUT2D eigenvalue weighted by molar-refractivity contribution is 6.08. The number of nitro groups is 1. The molecule has 0 fully saturated rings. The highest BCUT2D eigenvalue weighted by Crippen LogP contribution is 2.42. The van der Waals surface area contributed by atoms with Crippen molar-refractivity contribution in [3.63, 3.8) is 0 Å². The van der Waals surface area contributed by atoms with Crippen molar-refractivity contribution in [2.24, 2.45) is 10.2 Å². The minimum atomic E-state index is -0.444. The number of H-pyrrole nitrogens is 1. The molecule has 4 rings (SSSR count). The van der Waals surface area contributed by atoms with Crippen LogP contribution in [0, 0.1) is 10.1 Å². The van der Waals surface area contributed by atoms with E-state index in [4.69, 9.17) is 0 Å². The molecule has 1 aliphatic heterocycles.